The summed E-state index contributed by atoms with van der Waals surface area (Å²) in [6, 6.07) is 7.29. The van der Waals surface area contributed by atoms with Gasteiger partial charge in [0.1, 0.15) is 5.58 Å². The average Bonchev–Trinajstić information content (AvgIpc) is 2.79. The molecule has 3 aliphatic rings. The lowest BCUT2D eigenvalue weighted by atomic mass is 9.94. The molecule has 1 aromatic carbocycles. The van der Waals surface area contributed by atoms with Gasteiger partial charge < -0.3 is 14.6 Å². The van der Waals surface area contributed by atoms with Gasteiger partial charge in [-0.05, 0) is 56.5 Å². The standard InChI is InChI=1S/C19H22N2O3/c1-12(22)17-9-14-2-3-15(10-18(14)24-17)19(23)20-16-8-13-4-6-21(11-16)7-5-13/h2-3,9-10,13,16H,4-8,11H2,1H3,(H,20,23). The average molecular weight is 326 g/mol. The summed E-state index contributed by atoms with van der Waals surface area (Å²) in [6.07, 6.45) is 3.57. The zero-order valence-electron chi connectivity index (χ0n) is 13.9. The second-order valence-electron chi connectivity index (χ2n) is 7.07. The summed E-state index contributed by atoms with van der Waals surface area (Å²) in [6.45, 7) is 4.73. The van der Waals surface area contributed by atoms with Crippen LogP contribution in [0, 0.1) is 5.92 Å². The van der Waals surface area contributed by atoms with Gasteiger partial charge in [0.2, 0.25) is 0 Å². The Kier molecular flexibility index (Phi) is 3.88. The van der Waals surface area contributed by atoms with Gasteiger partial charge in [-0.2, -0.15) is 0 Å². The van der Waals surface area contributed by atoms with Gasteiger partial charge in [-0.15, -0.1) is 0 Å². The van der Waals surface area contributed by atoms with Crippen LogP contribution in [-0.2, 0) is 0 Å². The van der Waals surface area contributed by atoms with Crippen molar-refractivity contribution in [1.82, 2.24) is 10.2 Å². The van der Waals surface area contributed by atoms with E-state index in [0.29, 0.717) is 16.9 Å². The predicted octanol–water partition coefficient (Wildman–Crippen LogP) is 2.85. The Balaban J connectivity index is 1.51. The maximum absolute atomic E-state index is 12.6. The van der Waals surface area contributed by atoms with Gasteiger partial charge in [0.15, 0.2) is 11.5 Å². The molecule has 4 heterocycles. The van der Waals surface area contributed by atoms with E-state index in [1.807, 2.05) is 6.07 Å². The Morgan fingerprint density at radius 3 is 2.75 bits per heavy atom. The summed E-state index contributed by atoms with van der Waals surface area (Å²) in [5.74, 6) is 0.890. The summed E-state index contributed by atoms with van der Waals surface area (Å²) >= 11 is 0. The van der Waals surface area contributed by atoms with E-state index in [4.69, 9.17) is 4.42 Å². The summed E-state index contributed by atoms with van der Waals surface area (Å²) in [4.78, 5) is 26.5. The highest BCUT2D eigenvalue weighted by Gasteiger charge is 2.30. The Hall–Kier alpha value is -2.14. The van der Waals surface area contributed by atoms with E-state index in [-0.39, 0.29) is 17.7 Å². The van der Waals surface area contributed by atoms with E-state index in [9.17, 15) is 9.59 Å². The van der Waals surface area contributed by atoms with Crippen molar-refractivity contribution in [2.75, 3.05) is 19.6 Å². The number of furan rings is 1. The maximum Gasteiger partial charge on any atom is 0.251 e. The molecule has 3 aliphatic heterocycles. The van der Waals surface area contributed by atoms with Gasteiger partial charge in [0.05, 0.1) is 0 Å². The number of ketones is 1. The zero-order chi connectivity index (χ0) is 16.7. The van der Waals surface area contributed by atoms with Crippen LogP contribution in [0.3, 0.4) is 0 Å². The highest BCUT2D eigenvalue weighted by Crippen LogP contribution is 2.27. The van der Waals surface area contributed by atoms with Crippen molar-refractivity contribution >= 4 is 22.7 Å². The number of nitrogens with one attached hydrogen (secondary N) is 1. The molecule has 0 spiro atoms. The second kappa shape index (κ2) is 6.06. The molecule has 1 N–H and O–H groups in total. The van der Waals surface area contributed by atoms with E-state index in [1.54, 1.807) is 18.2 Å². The first-order valence-corrected chi connectivity index (χ1v) is 8.66. The monoisotopic (exact) mass is 326 g/mol. The number of rotatable bonds is 3. The number of piperidine rings is 1. The minimum atomic E-state index is -0.111. The molecule has 5 rings (SSSR count). The third-order valence-corrected chi connectivity index (χ3v) is 5.27. The molecule has 126 valence electrons. The molecule has 5 nitrogen and oxygen atoms in total. The van der Waals surface area contributed by atoms with Gasteiger partial charge in [-0.3, -0.25) is 9.59 Å². The molecule has 1 atom stereocenters. The maximum atomic E-state index is 12.6. The molecule has 0 aliphatic carbocycles. The predicted molar refractivity (Wildman–Crippen MR) is 91.3 cm³/mol. The smallest absolute Gasteiger partial charge is 0.251 e. The van der Waals surface area contributed by atoms with Gasteiger partial charge in [0.25, 0.3) is 5.91 Å². The molecule has 5 heteroatoms. The SMILES string of the molecule is CC(=O)c1cc2ccc(C(=O)NC3CC4CCN(CC4)C3)cc2o1. The van der Waals surface area contributed by atoms with E-state index in [2.05, 4.69) is 10.2 Å². The molecule has 3 fully saturated rings. The number of Topliss-reactive ketones (excluding diaryl/α,β-unsaturated/α-hetero) is 1. The number of carbonyl (C=O) groups excluding carboxylic acids is 2. The Labute approximate surface area is 141 Å². The van der Waals surface area contributed by atoms with Crippen LogP contribution in [0.5, 0.6) is 0 Å². The van der Waals surface area contributed by atoms with Crippen LogP contribution in [0.1, 0.15) is 47.1 Å². The first kappa shape index (κ1) is 15.4. The van der Waals surface area contributed by atoms with E-state index in [1.165, 1.54) is 19.8 Å². The fourth-order valence-electron chi connectivity index (χ4n) is 3.91. The van der Waals surface area contributed by atoms with Crippen molar-refractivity contribution in [3.63, 3.8) is 0 Å². The number of nitrogens with zero attached hydrogens (tertiary/aromatic N) is 1. The molecule has 1 amide bonds. The van der Waals surface area contributed by atoms with Crippen molar-refractivity contribution in [1.29, 1.82) is 0 Å². The van der Waals surface area contributed by atoms with Crippen LogP contribution >= 0.6 is 0 Å². The van der Waals surface area contributed by atoms with Crippen LogP contribution in [0.25, 0.3) is 11.0 Å². The van der Waals surface area contributed by atoms with E-state index >= 15 is 0 Å². The summed E-state index contributed by atoms with van der Waals surface area (Å²) < 4.78 is 5.54. The number of hydrogen-bond donors (Lipinski definition) is 1. The topological polar surface area (TPSA) is 62.6 Å². The fraction of sp³-hybridized carbons (Fsp3) is 0.474. The van der Waals surface area contributed by atoms with Gasteiger partial charge >= 0.3 is 0 Å². The highest BCUT2D eigenvalue weighted by atomic mass is 16.3. The minimum absolute atomic E-state index is 0.0647. The van der Waals surface area contributed by atoms with Crippen molar-refractivity contribution in [3.05, 3.63) is 35.6 Å². The molecule has 1 aromatic heterocycles. The van der Waals surface area contributed by atoms with Crippen LogP contribution < -0.4 is 5.32 Å². The van der Waals surface area contributed by atoms with Gasteiger partial charge in [-0.25, -0.2) is 0 Å². The van der Waals surface area contributed by atoms with E-state index < -0.39 is 0 Å². The van der Waals surface area contributed by atoms with E-state index in [0.717, 1.165) is 37.4 Å². The lowest BCUT2D eigenvalue weighted by Gasteiger charge is -2.26. The third-order valence-electron chi connectivity index (χ3n) is 5.27. The Morgan fingerprint density at radius 1 is 1.21 bits per heavy atom. The number of benzene rings is 1. The Bertz CT molecular complexity index is 773. The van der Waals surface area contributed by atoms with Crippen molar-refractivity contribution in [3.8, 4) is 0 Å². The lowest BCUT2D eigenvalue weighted by Crippen LogP contribution is -2.41. The van der Waals surface area contributed by atoms with Crippen LogP contribution in [-0.4, -0.2) is 42.3 Å². The second-order valence-corrected chi connectivity index (χ2v) is 7.07. The van der Waals surface area contributed by atoms with Crippen LogP contribution in [0.4, 0.5) is 0 Å². The normalized spacial score (nSPS) is 26.3. The molecule has 2 bridgehead atoms. The first-order valence-electron chi connectivity index (χ1n) is 8.66. The Morgan fingerprint density at radius 2 is 2.00 bits per heavy atom. The molecule has 0 radical (unpaired) electrons. The zero-order valence-corrected chi connectivity index (χ0v) is 13.9. The number of amides is 1. The highest BCUT2D eigenvalue weighted by molar-refractivity contribution is 6.00. The molecular weight excluding hydrogens is 304 g/mol. The molecule has 3 saturated heterocycles. The number of carbonyl (C=O) groups is 2. The van der Waals surface area contributed by atoms with Crippen molar-refractivity contribution in [2.45, 2.75) is 32.2 Å². The summed E-state index contributed by atoms with van der Waals surface area (Å²) in [5.41, 5.74) is 1.16. The summed E-state index contributed by atoms with van der Waals surface area (Å²) in [5, 5.41) is 4.02. The molecule has 24 heavy (non-hydrogen) atoms. The van der Waals surface area contributed by atoms with Crippen molar-refractivity contribution < 1.29 is 14.0 Å². The first-order chi connectivity index (χ1) is 11.6. The third kappa shape index (κ3) is 2.96. The van der Waals surface area contributed by atoms with Crippen molar-refractivity contribution in [2.24, 2.45) is 5.92 Å². The summed E-state index contributed by atoms with van der Waals surface area (Å²) in [7, 11) is 0. The number of fused-ring (bicyclic) bond motifs is 5. The number of hydrogen-bond acceptors (Lipinski definition) is 4. The van der Waals surface area contributed by atoms with Gasteiger partial charge in [0, 0.05) is 30.5 Å². The molecule has 2 aromatic rings. The minimum Gasteiger partial charge on any atom is -0.453 e. The molecule has 0 saturated carbocycles. The largest absolute Gasteiger partial charge is 0.453 e. The quantitative estimate of drug-likeness (QED) is 0.881. The van der Waals surface area contributed by atoms with Crippen LogP contribution in [0.15, 0.2) is 28.7 Å². The van der Waals surface area contributed by atoms with Crippen LogP contribution in [0.2, 0.25) is 0 Å². The fourth-order valence-corrected chi connectivity index (χ4v) is 3.91. The lowest BCUT2D eigenvalue weighted by molar-refractivity contribution is 0.0928. The molecular formula is C19H22N2O3. The molecule has 1 unspecified atom stereocenters. The van der Waals surface area contributed by atoms with Gasteiger partial charge in [-0.1, -0.05) is 6.07 Å².